The van der Waals surface area contributed by atoms with Crippen LogP contribution in [0, 0.1) is 0 Å². The van der Waals surface area contributed by atoms with E-state index in [0.29, 0.717) is 13.2 Å². The first-order valence-electron chi connectivity index (χ1n) is 5.32. The van der Waals surface area contributed by atoms with Crippen molar-refractivity contribution in [1.82, 2.24) is 10.6 Å². The maximum absolute atomic E-state index is 11.0. The molecular weight excluding hydrogens is 196 g/mol. The van der Waals surface area contributed by atoms with Gasteiger partial charge in [-0.15, -0.1) is 0 Å². The Labute approximate surface area is 90.5 Å². The Hall–Kier alpha value is -0.810. The lowest BCUT2D eigenvalue weighted by Crippen LogP contribution is -2.52. The third-order valence-corrected chi connectivity index (χ3v) is 2.13. The molecule has 1 amide bonds. The monoisotopic (exact) mass is 216 g/mol. The predicted octanol–water partition coefficient (Wildman–Crippen LogP) is 0.500. The molecule has 1 rings (SSSR count). The minimum atomic E-state index is -0.385. The molecular formula is C10H20N2O3. The van der Waals surface area contributed by atoms with Crippen LogP contribution in [0.2, 0.25) is 0 Å². The Balaban J connectivity index is 2.24. The predicted molar refractivity (Wildman–Crippen MR) is 56.8 cm³/mol. The van der Waals surface area contributed by atoms with Gasteiger partial charge >= 0.3 is 6.09 Å². The van der Waals surface area contributed by atoms with Gasteiger partial charge in [0.25, 0.3) is 0 Å². The zero-order valence-corrected chi connectivity index (χ0v) is 9.63. The minimum absolute atomic E-state index is 0.0589. The molecule has 0 bridgehead atoms. The first kappa shape index (κ1) is 12.3. The van der Waals surface area contributed by atoms with Crippen molar-refractivity contribution >= 4 is 6.09 Å². The average molecular weight is 216 g/mol. The van der Waals surface area contributed by atoms with Crippen molar-refractivity contribution in [2.75, 3.05) is 26.2 Å². The van der Waals surface area contributed by atoms with Gasteiger partial charge in [-0.05, 0) is 20.8 Å². The standard InChI is InChI=1S/C10H20N2O3/c1-4-12-9(13)14-6-8-5-11-7-10(2,3)15-8/h8,11H,4-7H2,1-3H3,(H,12,13). The van der Waals surface area contributed by atoms with Crippen LogP contribution in [0.15, 0.2) is 0 Å². The number of amides is 1. The quantitative estimate of drug-likeness (QED) is 0.721. The van der Waals surface area contributed by atoms with Gasteiger partial charge in [0.2, 0.25) is 0 Å². The van der Waals surface area contributed by atoms with Crippen molar-refractivity contribution in [3.63, 3.8) is 0 Å². The highest BCUT2D eigenvalue weighted by atomic mass is 16.6. The Bertz CT molecular complexity index is 219. The summed E-state index contributed by atoms with van der Waals surface area (Å²) < 4.78 is 10.7. The molecule has 1 aliphatic rings. The van der Waals surface area contributed by atoms with Crippen molar-refractivity contribution in [1.29, 1.82) is 0 Å². The van der Waals surface area contributed by atoms with Crippen LogP contribution in [0.4, 0.5) is 4.79 Å². The number of morpholine rings is 1. The molecule has 0 aromatic rings. The van der Waals surface area contributed by atoms with Crippen LogP contribution in [0.3, 0.4) is 0 Å². The van der Waals surface area contributed by atoms with Crippen LogP contribution in [0.1, 0.15) is 20.8 Å². The summed E-state index contributed by atoms with van der Waals surface area (Å²) in [6.45, 7) is 8.30. The summed E-state index contributed by atoms with van der Waals surface area (Å²) >= 11 is 0. The second-order valence-corrected chi connectivity index (χ2v) is 4.26. The molecule has 0 aromatic carbocycles. The second kappa shape index (κ2) is 5.32. The zero-order valence-electron chi connectivity index (χ0n) is 9.63. The van der Waals surface area contributed by atoms with Crippen LogP contribution < -0.4 is 10.6 Å². The Morgan fingerprint density at radius 1 is 1.67 bits per heavy atom. The largest absolute Gasteiger partial charge is 0.447 e. The van der Waals surface area contributed by atoms with Gasteiger partial charge in [0.1, 0.15) is 12.7 Å². The summed E-state index contributed by atoms with van der Waals surface area (Å²) in [6.07, 6.45) is -0.444. The lowest BCUT2D eigenvalue weighted by molar-refractivity contribution is -0.111. The van der Waals surface area contributed by atoms with Gasteiger partial charge in [-0.3, -0.25) is 0 Å². The van der Waals surface area contributed by atoms with Gasteiger partial charge in [-0.25, -0.2) is 4.79 Å². The first-order chi connectivity index (χ1) is 7.03. The van der Waals surface area contributed by atoms with Gasteiger partial charge < -0.3 is 20.1 Å². The van der Waals surface area contributed by atoms with Crippen LogP contribution in [0.5, 0.6) is 0 Å². The van der Waals surface area contributed by atoms with E-state index in [0.717, 1.165) is 13.1 Å². The number of hydrogen-bond donors (Lipinski definition) is 2. The lowest BCUT2D eigenvalue weighted by Gasteiger charge is -2.36. The van der Waals surface area contributed by atoms with Crippen LogP contribution in [-0.4, -0.2) is 44.0 Å². The molecule has 0 saturated carbocycles. The van der Waals surface area contributed by atoms with Crippen molar-refractivity contribution in [2.45, 2.75) is 32.5 Å². The number of carbonyl (C=O) groups excluding carboxylic acids is 1. The van der Waals surface area contributed by atoms with Gasteiger partial charge in [0.05, 0.1) is 5.60 Å². The molecule has 1 unspecified atom stereocenters. The smallest absolute Gasteiger partial charge is 0.407 e. The van der Waals surface area contributed by atoms with Crippen molar-refractivity contribution in [3.05, 3.63) is 0 Å². The average Bonchev–Trinajstić information content (AvgIpc) is 2.14. The van der Waals surface area contributed by atoms with Crippen LogP contribution in [0.25, 0.3) is 0 Å². The first-order valence-corrected chi connectivity index (χ1v) is 5.32. The fraction of sp³-hybridized carbons (Fsp3) is 0.900. The SMILES string of the molecule is CCNC(=O)OCC1CNCC(C)(C)O1. The Morgan fingerprint density at radius 2 is 2.40 bits per heavy atom. The number of rotatable bonds is 3. The molecule has 0 spiro atoms. The summed E-state index contributed by atoms with van der Waals surface area (Å²) in [5, 5.41) is 5.81. The molecule has 2 N–H and O–H groups in total. The highest BCUT2D eigenvalue weighted by Crippen LogP contribution is 2.15. The normalized spacial score (nSPS) is 24.6. The number of ether oxygens (including phenoxy) is 2. The summed E-state index contributed by atoms with van der Waals surface area (Å²) in [4.78, 5) is 11.0. The molecule has 1 saturated heterocycles. The van der Waals surface area contributed by atoms with E-state index in [4.69, 9.17) is 9.47 Å². The molecule has 0 radical (unpaired) electrons. The molecule has 1 atom stereocenters. The maximum Gasteiger partial charge on any atom is 0.407 e. The maximum atomic E-state index is 11.0. The molecule has 88 valence electrons. The summed E-state index contributed by atoms with van der Waals surface area (Å²) in [7, 11) is 0. The van der Waals surface area contributed by atoms with E-state index >= 15 is 0 Å². The Morgan fingerprint density at radius 3 is 3.00 bits per heavy atom. The lowest BCUT2D eigenvalue weighted by atomic mass is 10.1. The third kappa shape index (κ3) is 4.48. The minimum Gasteiger partial charge on any atom is -0.447 e. The van der Waals surface area contributed by atoms with E-state index in [1.54, 1.807) is 0 Å². The summed E-state index contributed by atoms with van der Waals surface area (Å²) in [6, 6.07) is 0. The summed E-state index contributed by atoms with van der Waals surface area (Å²) in [5.74, 6) is 0. The van der Waals surface area contributed by atoms with Crippen LogP contribution >= 0.6 is 0 Å². The molecule has 1 aliphatic heterocycles. The highest BCUT2D eigenvalue weighted by Gasteiger charge is 2.28. The fourth-order valence-corrected chi connectivity index (χ4v) is 1.53. The number of alkyl carbamates (subject to hydrolysis) is 1. The van der Waals surface area contributed by atoms with E-state index in [-0.39, 0.29) is 17.8 Å². The van der Waals surface area contributed by atoms with Crippen molar-refractivity contribution in [3.8, 4) is 0 Å². The van der Waals surface area contributed by atoms with E-state index in [1.807, 2.05) is 20.8 Å². The van der Waals surface area contributed by atoms with E-state index in [1.165, 1.54) is 0 Å². The molecule has 1 fully saturated rings. The Kier molecular flexibility index (Phi) is 4.35. The molecule has 5 heteroatoms. The van der Waals surface area contributed by atoms with Gasteiger partial charge in [0, 0.05) is 19.6 Å². The van der Waals surface area contributed by atoms with E-state index in [9.17, 15) is 4.79 Å². The molecule has 5 nitrogen and oxygen atoms in total. The van der Waals surface area contributed by atoms with E-state index < -0.39 is 0 Å². The molecule has 0 aromatic heterocycles. The molecule has 0 aliphatic carbocycles. The zero-order chi connectivity index (χ0) is 11.3. The van der Waals surface area contributed by atoms with Crippen molar-refractivity contribution in [2.24, 2.45) is 0 Å². The topological polar surface area (TPSA) is 59.6 Å². The van der Waals surface area contributed by atoms with E-state index in [2.05, 4.69) is 10.6 Å². The summed E-state index contributed by atoms with van der Waals surface area (Å²) in [5.41, 5.74) is -0.187. The molecule has 15 heavy (non-hydrogen) atoms. The van der Waals surface area contributed by atoms with Gasteiger partial charge in [-0.1, -0.05) is 0 Å². The number of hydrogen-bond acceptors (Lipinski definition) is 4. The highest BCUT2D eigenvalue weighted by molar-refractivity contribution is 5.66. The second-order valence-electron chi connectivity index (χ2n) is 4.26. The molecule has 1 heterocycles. The fourth-order valence-electron chi connectivity index (χ4n) is 1.53. The van der Waals surface area contributed by atoms with Gasteiger partial charge in [-0.2, -0.15) is 0 Å². The van der Waals surface area contributed by atoms with Crippen LogP contribution in [-0.2, 0) is 9.47 Å². The van der Waals surface area contributed by atoms with Gasteiger partial charge in [0.15, 0.2) is 0 Å². The van der Waals surface area contributed by atoms with Crippen molar-refractivity contribution < 1.29 is 14.3 Å². The third-order valence-electron chi connectivity index (χ3n) is 2.13. The number of nitrogens with one attached hydrogen (secondary N) is 2. The number of carbonyl (C=O) groups is 1.